The van der Waals surface area contributed by atoms with Gasteiger partial charge in [0.2, 0.25) is 0 Å². The molecular weight excluding hydrogens is 383 g/mol. The first-order chi connectivity index (χ1) is 12.6. The molecule has 10 heteroatoms. The van der Waals surface area contributed by atoms with E-state index in [4.69, 9.17) is 11.6 Å². The Hall–Kier alpha value is -2.81. The predicted octanol–water partition coefficient (Wildman–Crippen LogP) is 3.90. The Morgan fingerprint density at radius 2 is 2.07 bits per heavy atom. The first-order valence-corrected chi connectivity index (χ1v) is 8.22. The van der Waals surface area contributed by atoms with Crippen molar-refractivity contribution in [3.05, 3.63) is 64.2 Å². The minimum atomic E-state index is -4.71. The molecule has 1 amide bonds. The molecule has 1 N–H and O–H groups in total. The number of halogens is 4. The third-order valence-electron chi connectivity index (χ3n) is 3.79. The third-order valence-corrected chi connectivity index (χ3v) is 4.15. The van der Waals surface area contributed by atoms with E-state index in [-0.39, 0.29) is 0 Å². The van der Waals surface area contributed by atoms with Crippen molar-refractivity contribution in [3.8, 4) is 0 Å². The Morgan fingerprint density at radius 3 is 2.70 bits per heavy atom. The Balaban J connectivity index is 1.75. The number of hydrogen-bond acceptors (Lipinski definition) is 3. The molecule has 0 saturated carbocycles. The van der Waals surface area contributed by atoms with Crippen LogP contribution in [0.25, 0.3) is 0 Å². The fraction of sp³-hybridized carbons (Fsp3) is 0.235. The Morgan fingerprint density at radius 1 is 1.33 bits per heavy atom. The van der Waals surface area contributed by atoms with Crippen LogP contribution < -0.4 is 5.32 Å². The minimum Gasteiger partial charge on any atom is -0.318 e. The molecule has 2 heterocycles. The molecule has 27 heavy (non-hydrogen) atoms. The molecule has 0 unspecified atom stereocenters. The van der Waals surface area contributed by atoms with E-state index >= 15 is 0 Å². The molecule has 0 saturated heterocycles. The van der Waals surface area contributed by atoms with Crippen LogP contribution in [0.5, 0.6) is 0 Å². The summed E-state index contributed by atoms with van der Waals surface area (Å²) in [7, 11) is 1.07. The van der Waals surface area contributed by atoms with E-state index < -0.39 is 28.5 Å². The molecule has 142 valence electrons. The lowest BCUT2D eigenvalue weighted by Gasteiger charge is -2.06. The van der Waals surface area contributed by atoms with Gasteiger partial charge in [-0.3, -0.25) is 14.2 Å². The number of alkyl halides is 3. The second-order valence-electron chi connectivity index (χ2n) is 6.00. The summed E-state index contributed by atoms with van der Waals surface area (Å²) < 4.78 is 41.0. The zero-order valence-corrected chi connectivity index (χ0v) is 15.1. The van der Waals surface area contributed by atoms with Gasteiger partial charge < -0.3 is 5.32 Å². The fourth-order valence-corrected chi connectivity index (χ4v) is 3.01. The lowest BCUT2D eigenvalue weighted by molar-refractivity contribution is -0.143. The highest BCUT2D eigenvalue weighted by molar-refractivity contribution is 6.34. The van der Waals surface area contributed by atoms with Crippen LogP contribution in [0, 0.1) is 6.92 Å². The summed E-state index contributed by atoms with van der Waals surface area (Å²) in [4.78, 5) is 12.3. The van der Waals surface area contributed by atoms with E-state index in [0.717, 1.165) is 18.2 Å². The van der Waals surface area contributed by atoms with Crippen molar-refractivity contribution in [1.29, 1.82) is 0 Å². The van der Waals surface area contributed by atoms with E-state index in [1.807, 2.05) is 31.2 Å². The van der Waals surface area contributed by atoms with Crippen LogP contribution in [0.3, 0.4) is 0 Å². The topological polar surface area (TPSA) is 64.7 Å². The molecular formula is C17H15ClF3N5O. The first kappa shape index (κ1) is 19.0. The van der Waals surface area contributed by atoms with Crippen LogP contribution in [0.4, 0.5) is 18.9 Å². The number of carbonyl (C=O) groups is 1. The average Bonchev–Trinajstić information content (AvgIpc) is 3.10. The summed E-state index contributed by atoms with van der Waals surface area (Å²) in [6.07, 6.45) is -1.74. The average molecular weight is 398 g/mol. The van der Waals surface area contributed by atoms with Crippen molar-refractivity contribution in [3.63, 3.8) is 0 Å². The number of aryl methyl sites for hydroxylation is 2. The number of rotatable bonds is 4. The van der Waals surface area contributed by atoms with Gasteiger partial charge in [0.1, 0.15) is 5.02 Å². The van der Waals surface area contributed by atoms with Gasteiger partial charge in [-0.05, 0) is 12.5 Å². The van der Waals surface area contributed by atoms with Gasteiger partial charge in [-0.1, -0.05) is 41.4 Å². The molecule has 0 aliphatic heterocycles. The van der Waals surface area contributed by atoms with Crippen LogP contribution >= 0.6 is 11.6 Å². The molecule has 0 aliphatic rings. The largest absolute Gasteiger partial charge is 0.434 e. The van der Waals surface area contributed by atoms with E-state index in [2.05, 4.69) is 15.5 Å². The maximum absolute atomic E-state index is 13.0. The fourth-order valence-electron chi connectivity index (χ4n) is 2.65. The number of nitrogens with zero attached hydrogens (tertiary/aromatic N) is 4. The van der Waals surface area contributed by atoms with Gasteiger partial charge in [-0.25, -0.2) is 0 Å². The number of anilines is 1. The molecule has 0 radical (unpaired) electrons. The maximum Gasteiger partial charge on any atom is 0.434 e. The molecule has 0 fully saturated rings. The van der Waals surface area contributed by atoms with Crippen molar-refractivity contribution >= 4 is 23.2 Å². The van der Waals surface area contributed by atoms with Crippen molar-refractivity contribution in [2.45, 2.75) is 19.6 Å². The monoisotopic (exact) mass is 397 g/mol. The minimum absolute atomic E-state index is 0.322. The van der Waals surface area contributed by atoms with E-state index in [1.54, 1.807) is 10.9 Å². The number of benzene rings is 1. The molecule has 3 rings (SSSR count). The van der Waals surface area contributed by atoms with E-state index in [1.165, 1.54) is 6.20 Å². The van der Waals surface area contributed by atoms with Gasteiger partial charge in [0, 0.05) is 13.2 Å². The van der Waals surface area contributed by atoms with Crippen LogP contribution in [-0.2, 0) is 19.8 Å². The highest BCUT2D eigenvalue weighted by Gasteiger charge is 2.40. The normalized spacial score (nSPS) is 11.6. The standard InChI is InChI=1S/C17H15ClF3N5O/c1-10-4-3-5-11(6-10)8-26-9-12(7-22-26)23-16(27)14-13(18)15(17(19,20)21)25(2)24-14/h3-7,9H,8H2,1-2H3,(H,23,27). The summed E-state index contributed by atoms with van der Waals surface area (Å²) in [6.45, 7) is 2.46. The Kier molecular flexibility index (Phi) is 4.97. The second kappa shape index (κ2) is 7.07. The number of aromatic nitrogens is 4. The van der Waals surface area contributed by atoms with Gasteiger partial charge in [0.05, 0.1) is 18.4 Å². The predicted molar refractivity (Wildman–Crippen MR) is 93.7 cm³/mol. The zero-order chi connectivity index (χ0) is 19.8. The van der Waals surface area contributed by atoms with Gasteiger partial charge in [-0.15, -0.1) is 0 Å². The quantitative estimate of drug-likeness (QED) is 0.726. The molecule has 0 atom stereocenters. The maximum atomic E-state index is 13.0. The summed E-state index contributed by atoms with van der Waals surface area (Å²) in [5.74, 6) is -0.846. The zero-order valence-electron chi connectivity index (χ0n) is 14.4. The van der Waals surface area contributed by atoms with Crippen molar-refractivity contribution in [2.24, 2.45) is 7.05 Å². The molecule has 1 aromatic carbocycles. The van der Waals surface area contributed by atoms with Gasteiger partial charge >= 0.3 is 6.18 Å². The summed E-state index contributed by atoms with van der Waals surface area (Å²) in [5, 5.41) is 9.44. The first-order valence-electron chi connectivity index (χ1n) is 7.84. The lowest BCUT2D eigenvalue weighted by atomic mass is 10.1. The van der Waals surface area contributed by atoms with E-state index in [0.29, 0.717) is 16.9 Å². The second-order valence-corrected chi connectivity index (χ2v) is 6.38. The SMILES string of the molecule is Cc1cccc(Cn2cc(NC(=O)c3nn(C)c(C(F)(F)F)c3Cl)cn2)c1. The van der Waals surface area contributed by atoms with Crippen LogP contribution in [0.1, 0.15) is 27.3 Å². The Labute approximate surface area is 157 Å². The summed E-state index contributed by atoms with van der Waals surface area (Å²) >= 11 is 5.72. The summed E-state index contributed by atoms with van der Waals surface area (Å²) in [5.41, 5.74) is 0.780. The number of amides is 1. The molecule has 0 bridgehead atoms. The Bertz CT molecular complexity index is 993. The number of carbonyl (C=O) groups excluding carboxylic acids is 1. The molecule has 0 aliphatic carbocycles. The third kappa shape index (κ3) is 4.13. The summed E-state index contributed by atoms with van der Waals surface area (Å²) in [6, 6.07) is 7.85. The van der Waals surface area contributed by atoms with E-state index in [9.17, 15) is 18.0 Å². The lowest BCUT2D eigenvalue weighted by Crippen LogP contribution is -2.13. The number of nitrogens with one attached hydrogen (secondary N) is 1. The molecule has 3 aromatic rings. The highest BCUT2D eigenvalue weighted by Crippen LogP contribution is 2.36. The number of hydrogen-bond donors (Lipinski definition) is 1. The van der Waals surface area contributed by atoms with Gasteiger partial charge in [0.25, 0.3) is 5.91 Å². The molecule has 0 spiro atoms. The smallest absolute Gasteiger partial charge is 0.318 e. The van der Waals surface area contributed by atoms with Crippen LogP contribution in [0.2, 0.25) is 5.02 Å². The molecule has 6 nitrogen and oxygen atoms in total. The van der Waals surface area contributed by atoms with Gasteiger partial charge in [-0.2, -0.15) is 23.4 Å². The van der Waals surface area contributed by atoms with Crippen LogP contribution in [-0.4, -0.2) is 25.5 Å². The highest BCUT2D eigenvalue weighted by atomic mass is 35.5. The van der Waals surface area contributed by atoms with Crippen molar-refractivity contribution < 1.29 is 18.0 Å². The van der Waals surface area contributed by atoms with Crippen molar-refractivity contribution in [2.75, 3.05) is 5.32 Å². The van der Waals surface area contributed by atoms with Crippen molar-refractivity contribution in [1.82, 2.24) is 19.6 Å². The van der Waals surface area contributed by atoms with Crippen LogP contribution in [0.15, 0.2) is 36.7 Å². The van der Waals surface area contributed by atoms with Gasteiger partial charge in [0.15, 0.2) is 11.4 Å². The molecule has 2 aromatic heterocycles.